The molecular weight excluding hydrogens is 198 g/mol. The minimum atomic E-state index is -4.67. The molecule has 0 aliphatic carbocycles. The molecule has 0 saturated heterocycles. The normalized spacial score (nSPS) is 7.25. The predicted octanol–water partition coefficient (Wildman–Crippen LogP) is -6.42. The minimum Gasteiger partial charge on any atom is -1.00 e. The van der Waals surface area contributed by atoms with Crippen molar-refractivity contribution in [3.05, 3.63) is 0 Å². The van der Waals surface area contributed by atoms with E-state index in [1.54, 1.807) is 0 Å². The van der Waals surface area contributed by atoms with E-state index >= 15 is 0 Å². The Kier molecular flexibility index (Phi) is 26.3. The van der Waals surface area contributed by atoms with Crippen molar-refractivity contribution in [2.75, 3.05) is 0 Å². The van der Waals surface area contributed by atoms with Gasteiger partial charge >= 0.3 is 69.5 Å². The summed E-state index contributed by atoms with van der Waals surface area (Å²) >= 11 is 0. The molecule has 0 bridgehead atoms. The van der Waals surface area contributed by atoms with Crippen LogP contribution in [0.4, 0.5) is 0 Å². The average Bonchev–Trinajstić information content (AvgIpc) is 0.722. The van der Waals surface area contributed by atoms with Gasteiger partial charge in [-0.15, -0.1) is 0 Å². The molecule has 0 fully saturated rings. The Morgan fingerprint density at radius 3 is 1.12 bits per heavy atom. The van der Waals surface area contributed by atoms with E-state index in [1.807, 2.05) is 0 Å². The largest absolute Gasteiger partial charge is 1.00 e. The third kappa shape index (κ3) is 80.2. The first-order valence-electron chi connectivity index (χ1n) is 0.698. The SMILES string of the molecule is O=S(=O)(O)O.[Fe].[H-].[H-].[Na+].[Na+]. The molecule has 0 aromatic heterocycles. The van der Waals surface area contributed by atoms with E-state index < -0.39 is 10.4 Å². The Hall–Kier alpha value is 2.39. The number of rotatable bonds is 0. The fourth-order valence-corrected chi connectivity index (χ4v) is 0. The quantitative estimate of drug-likeness (QED) is 0.302. The van der Waals surface area contributed by atoms with E-state index in [0.29, 0.717) is 0 Å². The van der Waals surface area contributed by atoms with Crippen molar-refractivity contribution in [1.29, 1.82) is 0 Å². The fourth-order valence-electron chi connectivity index (χ4n) is 0. The molecule has 0 aliphatic rings. The molecular formula is H4FeNa2O4S. The molecule has 8 heteroatoms. The zero-order chi connectivity index (χ0) is 4.50. The average molecular weight is 202 g/mol. The van der Waals surface area contributed by atoms with Crippen molar-refractivity contribution >= 4 is 10.4 Å². The Bertz CT molecular complexity index is 104. The molecule has 0 unspecified atom stereocenters. The van der Waals surface area contributed by atoms with E-state index in [9.17, 15) is 0 Å². The summed E-state index contributed by atoms with van der Waals surface area (Å²) in [7, 11) is -4.67. The summed E-state index contributed by atoms with van der Waals surface area (Å²) in [5, 5.41) is 0. The smallest absolute Gasteiger partial charge is 1.00 e. The van der Waals surface area contributed by atoms with Crippen LogP contribution in [-0.4, -0.2) is 17.5 Å². The Balaban J connectivity index is -0.00000000800. The van der Waals surface area contributed by atoms with Crippen LogP contribution in [0.15, 0.2) is 0 Å². The van der Waals surface area contributed by atoms with Gasteiger partial charge in [0, 0.05) is 17.1 Å². The van der Waals surface area contributed by atoms with Gasteiger partial charge in [0.1, 0.15) is 0 Å². The van der Waals surface area contributed by atoms with E-state index in [1.165, 1.54) is 0 Å². The first-order chi connectivity index (χ1) is 2.00. The van der Waals surface area contributed by atoms with Crippen LogP contribution in [0.3, 0.4) is 0 Å². The molecule has 0 aliphatic heterocycles. The molecule has 4 nitrogen and oxygen atoms in total. The van der Waals surface area contributed by atoms with Crippen molar-refractivity contribution in [1.82, 2.24) is 0 Å². The summed E-state index contributed by atoms with van der Waals surface area (Å²) in [6, 6.07) is 0. The minimum absolute atomic E-state index is 0. The molecule has 0 aromatic rings. The van der Waals surface area contributed by atoms with Crippen molar-refractivity contribution < 1.29 is 96.6 Å². The molecule has 44 valence electrons. The van der Waals surface area contributed by atoms with Crippen molar-refractivity contribution in [3.63, 3.8) is 0 Å². The van der Waals surface area contributed by atoms with E-state index in [4.69, 9.17) is 17.5 Å². The molecule has 0 radical (unpaired) electrons. The second-order valence-electron chi connectivity index (χ2n) is 0.448. The van der Waals surface area contributed by atoms with Crippen LogP contribution in [-0.2, 0) is 27.5 Å². The van der Waals surface area contributed by atoms with Crippen molar-refractivity contribution in [2.45, 2.75) is 0 Å². The maximum Gasteiger partial charge on any atom is 1.00 e. The number of hydrogen-bond donors (Lipinski definition) is 2. The standard InChI is InChI=1S/Fe.2Na.H2O4S.2H/c;;;1-5(2,3)4;;/h;;;(H2,1,2,3,4);;/q;2*+1;;2*-1. The van der Waals surface area contributed by atoms with Crippen molar-refractivity contribution in [2.24, 2.45) is 0 Å². The fraction of sp³-hybridized carbons (Fsp3) is 0. The summed E-state index contributed by atoms with van der Waals surface area (Å²) < 4.78 is 31.6. The number of hydrogen-bond acceptors (Lipinski definition) is 2. The van der Waals surface area contributed by atoms with Crippen LogP contribution in [0.1, 0.15) is 2.85 Å². The molecule has 2 N–H and O–H groups in total. The summed E-state index contributed by atoms with van der Waals surface area (Å²) in [6.07, 6.45) is 0. The van der Waals surface area contributed by atoms with Crippen molar-refractivity contribution in [3.8, 4) is 0 Å². The Morgan fingerprint density at radius 2 is 1.12 bits per heavy atom. The van der Waals surface area contributed by atoms with Crippen LogP contribution in [0.2, 0.25) is 0 Å². The Morgan fingerprint density at radius 1 is 1.12 bits per heavy atom. The summed E-state index contributed by atoms with van der Waals surface area (Å²) in [4.78, 5) is 0. The second-order valence-corrected chi connectivity index (χ2v) is 1.34. The maximum atomic E-state index is 8.74. The van der Waals surface area contributed by atoms with Gasteiger partial charge in [-0.25, -0.2) is 0 Å². The van der Waals surface area contributed by atoms with Gasteiger partial charge in [0.25, 0.3) is 0 Å². The monoisotopic (exact) mass is 202 g/mol. The van der Waals surface area contributed by atoms with Gasteiger partial charge in [0.05, 0.1) is 0 Å². The maximum absolute atomic E-state index is 8.74. The third-order valence-corrected chi connectivity index (χ3v) is 0. The van der Waals surface area contributed by atoms with Gasteiger partial charge < -0.3 is 2.85 Å². The molecule has 0 amide bonds. The van der Waals surface area contributed by atoms with Crippen LogP contribution in [0.25, 0.3) is 0 Å². The van der Waals surface area contributed by atoms with Crippen LogP contribution >= 0.6 is 0 Å². The van der Waals surface area contributed by atoms with E-state index in [-0.39, 0.29) is 79.0 Å². The Labute approximate surface area is 105 Å². The first-order valence-corrected chi connectivity index (χ1v) is 2.10. The zero-order valence-corrected chi connectivity index (χ0v) is 10.4. The van der Waals surface area contributed by atoms with Crippen LogP contribution < -0.4 is 59.1 Å². The topological polar surface area (TPSA) is 74.6 Å². The zero-order valence-electron chi connectivity index (χ0n) is 6.47. The van der Waals surface area contributed by atoms with Gasteiger partial charge in [-0.2, -0.15) is 8.42 Å². The molecule has 0 spiro atoms. The third-order valence-electron chi connectivity index (χ3n) is 0. The molecule has 0 saturated carbocycles. The van der Waals surface area contributed by atoms with Gasteiger partial charge in [0.15, 0.2) is 0 Å². The first kappa shape index (κ1) is 22.4. The van der Waals surface area contributed by atoms with Crippen LogP contribution in [0, 0.1) is 0 Å². The van der Waals surface area contributed by atoms with E-state index in [2.05, 4.69) is 0 Å². The summed E-state index contributed by atoms with van der Waals surface area (Å²) in [6.45, 7) is 0. The van der Waals surface area contributed by atoms with Gasteiger partial charge in [-0.3, -0.25) is 9.11 Å². The van der Waals surface area contributed by atoms with Gasteiger partial charge in [-0.1, -0.05) is 0 Å². The van der Waals surface area contributed by atoms with E-state index in [0.717, 1.165) is 0 Å². The summed E-state index contributed by atoms with van der Waals surface area (Å²) in [5.74, 6) is 0. The molecule has 0 heterocycles. The predicted molar refractivity (Wildman–Crippen MR) is 16.4 cm³/mol. The van der Waals surface area contributed by atoms with Crippen LogP contribution in [0.5, 0.6) is 0 Å². The molecule has 0 aromatic carbocycles. The molecule has 0 rings (SSSR count). The molecule has 0 atom stereocenters. The summed E-state index contributed by atoms with van der Waals surface area (Å²) in [5.41, 5.74) is 0. The van der Waals surface area contributed by atoms with Gasteiger partial charge in [-0.05, 0) is 0 Å². The molecule has 8 heavy (non-hydrogen) atoms. The van der Waals surface area contributed by atoms with Gasteiger partial charge in [0.2, 0.25) is 0 Å². The second kappa shape index (κ2) is 9.39.